The van der Waals surface area contributed by atoms with Crippen molar-refractivity contribution in [3.63, 3.8) is 0 Å². The lowest BCUT2D eigenvalue weighted by Gasteiger charge is -1.85. The van der Waals surface area contributed by atoms with E-state index in [2.05, 4.69) is 30.7 Å². The van der Waals surface area contributed by atoms with Crippen molar-refractivity contribution in [2.45, 2.75) is 40.0 Å². The van der Waals surface area contributed by atoms with Gasteiger partial charge in [0, 0.05) is 20.2 Å². The van der Waals surface area contributed by atoms with Crippen LogP contribution < -0.4 is 0 Å². The lowest BCUT2D eigenvalue weighted by molar-refractivity contribution is 0.856. The van der Waals surface area contributed by atoms with Crippen LogP contribution in [0.4, 0.5) is 0 Å². The van der Waals surface area contributed by atoms with Gasteiger partial charge in [-0.25, -0.2) is 4.98 Å². The largest absolute Gasteiger partial charge is 0.349 e. The molecule has 1 aromatic heterocycles. The molecule has 0 unspecified atom stereocenters. The molecule has 0 bridgehead atoms. The maximum Gasteiger partial charge on any atom is 0.105 e. The lowest BCUT2D eigenvalue weighted by Crippen LogP contribution is -1.83. The SMILES string of the molecule is CCC.CCCc1ncc[nH]1.[HH]. The standard InChI is InChI=1S/C6H10N2.C3H8.H2/c1-2-3-6-7-4-5-8-6;1-3-2;/h4-5H,2-3H2,1H3,(H,7,8);3H2,1-2H3;1H. The van der Waals surface area contributed by atoms with Crippen LogP contribution in [0, 0.1) is 0 Å². The minimum absolute atomic E-state index is 0. The van der Waals surface area contributed by atoms with Crippen molar-refractivity contribution in [2.75, 3.05) is 0 Å². The van der Waals surface area contributed by atoms with Gasteiger partial charge in [-0.3, -0.25) is 0 Å². The van der Waals surface area contributed by atoms with E-state index in [1.807, 2.05) is 6.20 Å². The number of H-pyrrole nitrogens is 1. The first kappa shape index (κ1) is 10.2. The van der Waals surface area contributed by atoms with Crippen LogP contribution in [-0.4, -0.2) is 9.97 Å². The average molecular weight is 156 g/mol. The minimum atomic E-state index is 0. The van der Waals surface area contributed by atoms with E-state index in [4.69, 9.17) is 0 Å². The van der Waals surface area contributed by atoms with Crippen molar-refractivity contribution in [2.24, 2.45) is 0 Å². The Hall–Kier alpha value is -0.790. The zero-order valence-electron chi connectivity index (χ0n) is 7.72. The fourth-order valence-corrected chi connectivity index (χ4v) is 0.671. The summed E-state index contributed by atoms with van der Waals surface area (Å²) in [4.78, 5) is 7.08. The first-order valence-corrected chi connectivity index (χ1v) is 4.33. The van der Waals surface area contributed by atoms with Crippen LogP contribution in [0.1, 0.15) is 40.9 Å². The number of hydrogen-bond donors (Lipinski definition) is 1. The number of nitrogens with zero attached hydrogens (tertiary/aromatic N) is 1. The highest BCUT2D eigenvalue weighted by Crippen LogP contribution is 1.91. The third kappa shape index (κ3) is 5.64. The Morgan fingerprint density at radius 1 is 1.45 bits per heavy atom. The maximum atomic E-state index is 4.05. The van der Waals surface area contributed by atoms with E-state index in [1.165, 1.54) is 6.42 Å². The van der Waals surface area contributed by atoms with Gasteiger partial charge in [0.15, 0.2) is 0 Å². The number of imidazole rings is 1. The van der Waals surface area contributed by atoms with Gasteiger partial charge in [0.1, 0.15) is 5.82 Å². The fourth-order valence-electron chi connectivity index (χ4n) is 0.671. The molecule has 0 saturated carbocycles. The molecule has 0 radical (unpaired) electrons. The van der Waals surface area contributed by atoms with Crippen molar-refractivity contribution in [3.8, 4) is 0 Å². The quantitative estimate of drug-likeness (QED) is 0.700. The molecule has 0 aliphatic rings. The Balaban J connectivity index is 0. The van der Waals surface area contributed by atoms with Crippen LogP contribution in [0.5, 0.6) is 0 Å². The zero-order valence-corrected chi connectivity index (χ0v) is 7.72. The van der Waals surface area contributed by atoms with Gasteiger partial charge in [-0.1, -0.05) is 27.2 Å². The third-order valence-corrected chi connectivity index (χ3v) is 1.04. The van der Waals surface area contributed by atoms with Gasteiger partial charge in [-0.15, -0.1) is 0 Å². The molecule has 1 aromatic rings. The highest BCUT2D eigenvalue weighted by molar-refractivity contribution is 4.85. The number of nitrogens with one attached hydrogen (secondary N) is 1. The van der Waals surface area contributed by atoms with Gasteiger partial charge in [-0.2, -0.15) is 0 Å². The molecule has 0 amide bonds. The Kier molecular flexibility index (Phi) is 6.79. The molecule has 0 spiro atoms. The molecule has 2 nitrogen and oxygen atoms in total. The molecule has 66 valence electrons. The number of aromatic nitrogens is 2. The van der Waals surface area contributed by atoms with E-state index in [0.29, 0.717) is 0 Å². The Bertz CT molecular complexity index is 150. The number of rotatable bonds is 2. The highest BCUT2D eigenvalue weighted by atomic mass is 14.9. The number of hydrogen-bond acceptors (Lipinski definition) is 1. The molecule has 11 heavy (non-hydrogen) atoms. The monoisotopic (exact) mass is 156 g/mol. The summed E-state index contributed by atoms with van der Waals surface area (Å²) in [5, 5.41) is 0. The summed E-state index contributed by atoms with van der Waals surface area (Å²) in [5.74, 6) is 1.09. The van der Waals surface area contributed by atoms with Gasteiger partial charge in [0.05, 0.1) is 0 Å². The van der Waals surface area contributed by atoms with Gasteiger partial charge in [0.2, 0.25) is 0 Å². The molecule has 1 N–H and O–H groups in total. The summed E-state index contributed by atoms with van der Waals surface area (Å²) < 4.78 is 0. The summed E-state index contributed by atoms with van der Waals surface area (Å²) in [7, 11) is 0. The van der Waals surface area contributed by atoms with Gasteiger partial charge in [0.25, 0.3) is 0 Å². The molecule has 0 saturated heterocycles. The van der Waals surface area contributed by atoms with Crippen LogP contribution in [0.25, 0.3) is 0 Å². The van der Waals surface area contributed by atoms with Crippen molar-refractivity contribution >= 4 is 0 Å². The Morgan fingerprint density at radius 3 is 2.45 bits per heavy atom. The molecule has 0 aromatic carbocycles. The molecule has 0 fully saturated rings. The predicted molar refractivity (Wildman–Crippen MR) is 50.7 cm³/mol. The molecule has 1 heterocycles. The Labute approximate surface area is 70.5 Å². The number of aromatic amines is 1. The van der Waals surface area contributed by atoms with E-state index < -0.39 is 0 Å². The minimum Gasteiger partial charge on any atom is -0.349 e. The topological polar surface area (TPSA) is 28.7 Å². The molecule has 2 heteroatoms. The van der Waals surface area contributed by atoms with Crippen molar-refractivity contribution in [3.05, 3.63) is 18.2 Å². The molecule has 0 aliphatic carbocycles. The smallest absolute Gasteiger partial charge is 0.105 e. The van der Waals surface area contributed by atoms with E-state index >= 15 is 0 Å². The van der Waals surface area contributed by atoms with E-state index in [-0.39, 0.29) is 1.43 Å². The van der Waals surface area contributed by atoms with Crippen molar-refractivity contribution in [1.29, 1.82) is 0 Å². The van der Waals surface area contributed by atoms with E-state index in [1.54, 1.807) is 6.20 Å². The summed E-state index contributed by atoms with van der Waals surface area (Å²) in [6.07, 6.45) is 7.11. The second kappa shape index (κ2) is 7.32. The second-order valence-corrected chi connectivity index (χ2v) is 2.49. The highest BCUT2D eigenvalue weighted by Gasteiger charge is 1.87. The zero-order chi connectivity index (χ0) is 8.53. The Morgan fingerprint density at radius 2 is 2.09 bits per heavy atom. The first-order chi connectivity index (χ1) is 5.35. The lowest BCUT2D eigenvalue weighted by atomic mass is 10.3. The summed E-state index contributed by atoms with van der Waals surface area (Å²) in [5.41, 5.74) is 0. The van der Waals surface area contributed by atoms with E-state index in [9.17, 15) is 0 Å². The third-order valence-electron chi connectivity index (χ3n) is 1.04. The van der Waals surface area contributed by atoms with Crippen molar-refractivity contribution < 1.29 is 1.43 Å². The van der Waals surface area contributed by atoms with Crippen LogP contribution in [0.3, 0.4) is 0 Å². The molecule has 0 atom stereocenters. The van der Waals surface area contributed by atoms with Crippen LogP contribution >= 0.6 is 0 Å². The number of aryl methyl sites for hydroxylation is 1. The van der Waals surface area contributed by atoms with Crippen molar-refractivity contribution in [1.82, 2.24) is 9.97 Å². The van der Waals surface area contributed by atoms with Crippen LogP contribution in [-0.2, 0) is 6.42 Å². The van der Waals surface area contributed by atoms with Gasteiger partial charge < -0.3 is 4.98 Å². The van der Waals surface area contributed by atoms with E-state index in [0.717, 1.165) is 18.7 Å². The average Bonchev–Trinajstić information content (AvgIpc) is 2.42. The molecular formula is C9H20N2. The van der Waals surface area contributed by atoms with Gasteiger partial charge in [-0.05, 0) is 6.42 Å². The summed E-state index contributed by atoms with van der Waals surface area (Å²) >= 11 is 0. The molecule has 0 aliphatic heterocycles. The fraction of sp³-hybridized carbons (Fsp3) is 0.667. The predicted octanol–water partition coefficient (Wildman–Crippen LogP) is 3.02. The van der Waals surface area contributed by atoms with Gasteiger partial charge >= 0.3 is 0 Å². The van der Waals surface area contributed by atoms with Crippen LogP contribution in [0.2, 0.25) is 0 Å². The maximum absolute atomic E-state index is 4.05. The molecule has 1 rings (SSSR count). The van der Waals surface area contributed by atoms with Crippen LogP contribution in [0.15, 0.2) is 12.4 Å². The summed E-state index contributed by atoms with van der Waals surface area (Å²) in [6.45, 7) is 6.39. The molecular weight excluding hydrogens is 136 g/mol. The second-order valence-electron chi connectivity index (χ2n) is 2.49. The normalized spacial score (nSPS) is 8.64. The summed E-state index contributed by atoms with van der Waals surface area (Å²) in [6, 6.07) is 0. The first-order valence-electron chi connectivity index (χ1n) is 4.33.